The van der Waals surface area contributed by atoms with E-state index in [4.69, 9.17) is 10.5 Å². The standard InChI is InChI=1S/C13H13N5O2S/c1-18(2)13-15-6-9(21-13)11-16-7-4-3-5-8(10(7)17-11)20-12(14)19/h3-6H,1-2H3,(H2,14,19)(H,16,17). The molecule has 2 aromatic heterocycles. The second-order valence-corrected chi connectivity index (χ2v) is 5.57. The summed E-state index contributed by atoms with van der Waals surface area (Å²) in [6.45, 7) is 0. The number of ether oxygens (including phenoxy) is 1. The van der Waals surface area contributed by atoms with Gasteiger partial charge in [-0.2, -0.15) is 0 Å². The van der Waals surface area contributed by atoms with E-state index in [0.717, 1.165) is 15.5 Å². The molecule has 3 N–H and O–H groups in total. The fourth-order valence-corrected chi connectivity index (χ4v) is 2.68. The molecule has 7 nitrogen and oxygen atoms in total. The molecule has 3 rings (SSSR count). The van der Waals surface area contributed by atoms with Crippen molar-refractivity contribution in [2.45, 2.75) is 0 Å². The van der Waals surface area contributed by atoms with Crippen LogP contribution in [0.15, 0.2) is 24.4 Å². The van der Waals surface area contributed by atoms with Gasteiger partial charge in [0.15, 0.2) is 10.9 Å². The minimum Gasteiger partial charge on any atom is -0.408 e. The number of hydrogen-bond donors (Lipinski definition) is 2. The summed E-state index contributed by atoms with van der Waals surface area (Å²) in [5.74, 6) is 1.01. The number of hydrogen-bond acceptors (Lipinski definition) is 6. The second-order valence-electron chi connectivity index (χ2n) is 4.56. The average Bonchev–Trinajstić information content (AvgIpc) is 3.05. The van der Waals surface area contributed by atoms with Gasteiger partial charge < -0.3 is 20.4 Å². The molecule has 0 unspecified atom stereocenters. The van der Waals surface area contributed by atoms with E-state index in [1.54, 1.807) is 18.3 Å². The van der Waals surface area contributed by atoms with Gasteiger partial charge in [0.25, 0.3) is 0 Å². The van der Waals surface area contributed by atoms with Crippen LogP contribution in [0.5, 0.6) is 5.75 Å². The lowest BCUT2D eigenvalue weighted by Gasteiger charge is -2.04. The molecule has 0 aliphatic rings. The van der Waals surface area contributed by atoms with Crippen LogP contribution in [-0.4, -0.2) is 35.1 Å². The highest BCUT2D eigenvalue weighted by molar-refractivity contribution is 7.18. The SMILES string of the molecule is CN(C)c1ncc(-c2nc3c(OC(N)=O)cccc3[nH]2)s1. The molecule has 1 amide bonds. The third-order valence-electron chi connectivity index (χ3n) is 2.80. The van der Waals surface area contributed by atoms with Crippen LogP contribution in [-0.2, 0) is 0 Å². The normalized spacial score (nSPS) is 10.8. The molecule has 2 heterocycles. The summed E-state index contributed by atoms with van der Waals surface area (Å²) in [6, 6.07) is 5.27. The molecule has 8 heteroatoms. The largest absolute Gasteiger partial charge is 0.410 e. The summed E-state index contributed by atoms with van der Waals surface area (Å²) in [4.78, 5) is 25.7. The Bertz CT molecular complexity index is 808. The van der Waals surface area contributed by atoms with Crippen LogP contribution in [0, 0.1) is 0 Å². The highest BCUT2D eigenvalue weighted by Gasteiger charge is 2.13. The van der Waals surface area contributed by atoms with Crippen molar-refractivity contribution < 1.29 is 9.53 Å². The van der Waals surface area contributed by atoms with Crippen LogP contribution in [0.25, 0.3) is 21.7 Å². The Morgan fingerprint density at radius 1 is 1.43 bits per heavy atom. The zero-order valence-corrected chi connectivity index (χ0v) is 12.3. The number of para-hydroxylation sites is 1. The number of imidazole rings is 1. The predicted octanol–water partition coefficient (Wildman–Crippen LogP) is 2.21. The van der Waals surface area contributed by atoms with E-state index in [1.807, 2.05) is 25.1 Å². The number of nitrogens with one attached hydrogen (secondary N) is 1. The summed E-state index contributed by atoms with van der Waals surface area (Å²) < 4.78 is 4.96. The van der Waals surface area contributed by atoms with E-state index in [1.165, 1.54) is 11.3 Å². The summed E-state index contributed by atoms with van der Waals surface area (Å²) in [5, 5.41) is 0.888. The number of aromatic nitrogens is 3. The molecule has 0 aliphatic carbocycles. The van der Waals surface area contributed by atoms with Gasteiger partial charge in [-0.15, -0.1) is 0 Å². The Labute approximate surface area is 124 Å². The molecule has 1 aromatic carbocycles. The smallest absolute Gasteiger partial charge is 0.408 e. The van der Waals surface area contributed by atoms with Gasteiger partial charge in [-0.25, -0.2) is 14.8 Å². The first-order valence-corrected chi connectivity index (χ1v) is 6.96. The average molecular weight is 303 g/mol. The zero-order chi connectivity index (χ0) is 15.0. The van der Waals surface area contributed by atoms with Gasteiger partial charge in [-0.1, -0.05) is 17.4 Å². The van der Waals surface area contributed by atoms with Crippen LogP contribution >= 0.6 is 11.3 Å². The Morgan fingerprint density at radius 2 is 2.24 bits per heavy atom. The van der Waals surface area contributed by atoms with Crippen LogP contribution in [0.2, 0.25) is 0 Å². The van der Waals surface area contributed by atoms with E-state index in [9.17, 15) is 4.79 Å². The molecular weight excluding hydrogens is 290 g/mol. The first kappa shape index (κ1) is 13.4. The summed E-state index contributed by atoms with van der Waals surface area (Å²) >= 11 is 1.52. The lowest BCUT2D eigenvalue weighted by atomic mass is 10.3. The first-order chi connectivity index (χ1) is 10.0. The van der Waals surface area contributed by atoms with Gasteiger partial charge >= 0.3 is 6.09 Å². The molecule has 0 saturated carbocycles. The van der Waals surface area contributed by atoms with Crippen molar-refractivity contribution >= 4 is 33.6 Å². The molecule has 3 aromatic rings. The van der Waals surface area contributed by atoms with Gasteiger partial charge in [0.1, 0.15) is 11.3 Å². The number of amides is 1. The summed E-state index contributed by atoms with van der Waals surface area (Å²) in [6.07, 6.45) is 0.895. The fraction of sp³-hybridized carbons (Fsp3) is 0.154. The molecule has 0 spiro atoms. The number of nitrogens with zero attached hydrogens (tertiary/aromatic N) is 3. The molecule has 21 heavy (non-hydrogen) atoms. The van der Waals surface area contributed by atoms with Gasteiger partial charge in [0.05, 0.1) is 16.6 Å². The Morgan fingerprint density at radius 3 is 2.90 bits per heavy atom. The molecule has 0 bridgehead atoms. The Balaban J connectivity index is 2.05. The highest BCUT2D eigenvalue weighted by atomic mass is 32.1. The van der Waals surface area contributed by atoms with Gasteiger partial charge in [0, 0.05) is 14.1 Å². The Kier molecular flexibility index (Phi) is 3.22. The summed E-state index contributed by atoms with van der Waals surface area (Å²) in [7, 11) is 3.86. The predicted molar refractivity (Wildman–Crippen MR) is 81.7 cm³/mol. The quantitative estimate of drug-likeness (QED) is 0.773. The summed E-state index contributed by atoms with van der Waals surface area (Å²) in [5.41, 5.74) is 6.39. The van der Waals surface area contributed by atoms with Crippen LogP contribution in [0.4, 0.5) is 9.93 Å². The molecule has 108 valence electrons. The van der Waals surface area contributed by atoms with Crippen LogP contribution in [0.1, 0.15) is 0 Å². The zero-order valence-electron chi connectivity index (χ0n) is 11.5. The maximum atomic E-state index is 10.9. The number of benzene rings is 1. The van der Waals surface area contributed by atoms with Crippen molar-refractivity contribution in [1.29, 1.82) is 0 Å². The monoisotopic (exact) mass is 303 g/mol. The minimum absolute atomic E-state index is 0.333. The molecular formula is C13H13N5O2S. The molecule has 0 radical (unpaired) electrons. The molecule has 0 atom stereocenters. The lowest BCUT2D eigenvalue weighted by Crippen LogP contribution is -2.16. The number of nitrogens with two attached hydrogens (primary N) is 1. The Hall–Kier alpha value is -2.61. The number of carbonyl (C=O) groups is 1. The molecule has 0 aliphatic heterocycles. The number of primary amides is 1. The molecule has 0 saturated heterocycles. The number of H-pyrrole nitrogens is 1. The van der Waals surface area contributed by atoms with Crippen molar-refractivity contribution in [2.24, 2.45) is 5.73 Å². The maximum Gasteiger partial charge on any atom is 0.410 e. The third-order valence-corrected chi connectivity index (χ3v) is 3.97. The van der Waals surface area contributed by atoms with E-state index in [0.29, 0.717) is 17.1 Å². The van der Waals surface area contributed by atoms with E-state index in [2.05, 4.69) is 15.0 Å². The highest BCUT2D eigenvalue weighted by Crippen LogP contribution is 2.32. The number of rotatable bonds is 3. The second kappa shape index (κ2) is 5.06. The van der Waals surface area contributed by atoms with Crippen molar-refractivity contribution in [2.75, 3.05) is 19.0 Å². The lowest BCUT2D eigenvalue weighted by molar-refractivity contribution is 0.211. The van der Waals surface area contributed by atoms with Crippen LogP contribution in [0.3, 0.4) is 0 Å². The first-order valence-electron chi connectivity index (χ1n) is 6.14. The van der Waals surface area contributed by atoms with Crippen molar-refractivity contribution in [3.05, 3.63) is 24.4 Å². The van der Waals surface area contributed by atoms with Crippen LogP contribution < -0.4 is 15.4 Å². The molecule has 0 fully saturated rings. The van der Waals surface area contributed by atoms with Crippen molar-refractivity contribution in [1.82, 2.24) is 15.0 Å². The maximum absolute atomic E-state index is 10.9. The number of thiazole rings is 1. The van der Waals surface area contributed by atoms with E-state index in [-0.39, 0.29) is 0 Å². The van der Waals surface area contributed by atoms with E-state index < -0.39 is 6.09 Å². The fourth-order valence-electron chi connectivity index (χ4n) is 1.89. The number of fused-ring (bicyclic) bond motifs is 1. The third kappa shape index (κ3) is 2.52. The van der Waals surface area contributed by atoms with Gasteiger partial charge in [0.2, 0.25) is 0 Å². The van der Waals surface area contributed by atoms with Gasteiger partial charge in [-0.05, 0) is 12.1 Å². The number of aromatic amines is 1. The van der Waals surface area contributed by atoms with Crippen molar-refractivity contribution in [3.63, 3.8) is 0 Å². The topological polar surface area (TPSA) is 97.1 Å². The van der Waals surface area contributed by atoms with Crippen molar-refractivity contribution in [3.8, 4) is 16.5 Å². The minimum atomic E-state index is -0.861. The van der Waals surface area contributed by atoms with Gasteiger partial charge in [-0.3, -0.25) is 0 Å². The number of carbonyl (C=O) groups excluding carboxylic acids is 1. The number of anilines is 1. The van der Waals surface area contributed by atoms with E-state index >= 15 is 0 Å².